The lowest BCUT2D eigenvalue weighted by molar-refractivity contribution is -0.0397. The number of nitrogens with one attached hydrogen (secondary N) is 1. The van der Waals surface area contributed by atoms with Crippen LogP contribution in [0.25, 0.3) is 5.57 Å². The SMILES string of the molecule is O=S(=O)(N[C@H]1CC2=C(c3ccn(C(F)F)n3)[C@H](c3ccc(F)cc3Cl)N=C(c3nccs3)N2C1)[C@H]1C[C@](O)(c2ccccn2)C1. The predicted molar refractivity (Wildman–Crippen MR) is 162 cm³/mol. The summed E-state index contributed by atoms with van der Waals surface area (Å²) in [6.45, 7) is -2.71. The van der Waals surface area contributed by atoms with E-state index in [0.29, 0.717) is 38.1 Å². The van der Waals surface area contributed by atoms with Crippen molar-refractivity contribution in [2.45, 2.75) is 48.7 Å². The van der Waals surface area contributed by atoms with Crippen LogP contribution in [0.3, 0.4) is 0 Å². The third-order valence-corrected chi connectivity index (χ3v) is 11.2. The second-order valence-corrected chi connectivity index (χ2v) is 14.4. The minimum atomic E-state index is -3.89. The van der Waals surface area contributed by atoms with Crippen LogP contribution in [0.1, 0.15) is 53.8 Å². The summed E-state index contributed by atoms with van der Waals surface area (Å²) in [6, 6.07) is 8.92. The molecule has 3 aliphatic rings. The summed E-state index contributed by atoms with van der Waals surface area (Å²) >= 11 is 7.83. The average Bonchev–Trinajstić information content (AvgIpc) is 3.76. The molecule has 2 atom stereocenters. The number of aliphatic hydroxyl groups is 1. The number of amidine groups is 1. The van der Waals surface area contributed by atoms with Crippen LogP contribution in [0.15, 0.2) is 77.1 Å². The summed E-state index contributed by atoms with van der Waals surface area (Å²) in [6.07, 6.45) is 4.47. The molecule has 0 unspecified atom stereocenters. The Morgan fingerprint density at radius 3 is 2.62 bits per heavy atom. The first kappa shape index (κ1) is 30.0. The number of hydrogen-bond donors (Lipinski definition) is 2. The van der Waals surface area contributed by atoms with Gasteiger partial charge in [0.1, 0.15) is 17.5 Å². The first-order valence-electron chi connectivity index (χ1n) is 13.9. The minimum absolute atomic E-state index is 0.00818. The number of aromatic nitrogens is 4. The molecule has 0 spiro atoms. The summed E-state index contributed by atoms with van der Waals surface area (Å²) in [5.41, 5.74) is 0.754. The van der Waals surface area contributed by atoms with E-state index < -0.39 is 45.3 Å². The van der Waals surface area contributed by atoms with E-state index in [4.69, 9.17) is 16.6 Å². The fourth-order valence-corrected chi connectivity index (χ4v) is 8.84. The van der Waals surface area contributed by atoms with E-state index in [2.05, 4.69) is 19.8 Å². The van der Waals surface area contributed by atoms with Gasteiger partial charge in [-0.15, -0.1) is 11.3 Å². The largest absolute Gasteiger partial charge is 0.383 e. The van der Waals surface area contributed by atoms with E-state index in [9.17, 15) is 26.7 Å². The Balaban J connectivity index is 1.26. The Morgan fingerprint density at radius 2 is 1.96 bits per heavy atom. The predicted octanol–water partition coefficient (Wildman–Crippen LogP) is 4.88. The van der Waals surface area contributed by atoms with Gasteiger partial charge in [-0.3, -0.25) is 9.98 Å². The maximum Gasteiger partial charge on any atom is 0.333 e. The zero-order valence-electron chi connectivity index (χ0n) is 23.3. The highest BCUT2D eigenvalue weighted by Crippen LogP contribution is 2.47. The van der Waals surface area contributed by atoms with Gasteiger partial charge < -0.3 is 10.0 Å². The third kappa shape index (κ3) is 5.46. The van der Waals surface area contributed by atoms with Gasteiger partial charge in [0, 0.05) is 77.7 Å². The van der Waals surface area contributed by atoms with Gasteiger partial charge >= 0.3 is 6.55 Å². The van der Waals surface area contributed by atoms with E-state index in [-0.39, 0.29) is 36.5 Å². The van der Waals surface area contributed by atoms with Crippen molar-refractivity contribution in [3.8, 4) is 0 Å². The van der Waals surface area contributed by atoms with Crippen molar-refractivity contribution in [1.29, 1.82) is 0 Å². The summed E-state index contributed by atoms with van der Waals surface area (Å²) in [4.78, 5) is 15.4. The van der Waals surface area contributed by atoms with Crippen molar-refractivity contribution in [2.75, 3.05) is 6.54 Å². The smallest absolute Gasteiger partial charge is 0.333 e. The molecule has 10 nitrogen and oxygen atoms in total. The van der Waals surface area contributed by atoms with E-state index in [1.54, 1.807) is 36.0 Å². The van der Waals surface area contributed by atoms with Crippen LogP contribution in [-0.4, -0.2) is 61.8 Å². The number of thiazole rings is 1. The topological polar surface area (TPSA) is 126 Å². The van der Waals surface area contributed by atoms with Gasteiger partial charge in [-0.1, -0.05) is 23.7 Å². The Bertz CT molecular complexity index is 1910. The van der Waals surface area contributed by atoms with E-state index >= 15 is 0 Å². The number of sulfonamides is 1. The third-order valence-electron chi connectivity index (χ3n) is 8.27. The zero-order valence-corrected chi connectivity index (χ0v) is 25.7. The molecule has 2 N–H and O–H groups in total. The Labute approximate surface area is 265 Å². The first-order chi connectivity index (χ1) is 21.5. The molecule has 7 rings (SSSR count). The number of halogens is 4. The highest BCUT2D eigenvalue weighted by molar-refractivity contribution is 7.90. The van der Waals surface area contributed by atoms with Gasteiger partial charge in [-0.05, 0) is 30.3 Å². The minimum Gasteiger partial charge on any atom is -0.383 e. The van der Waals surface area contributed by atoms with Crippen LogP contribution in [0.5, 0.6) is 0 Å². The van der Waals surface area contributed by atoms with Crippen molar-refractivity contribution >= 4 is 44.4 Å². The standard InChI is InChI=1S/C29H25ClF3N7O3S2/c30-20-11-16(31)4-5-19(20)25-24(21-6-9-40(37-21)28(32)33)22-12-17(15-39(22)26(36-25)27-35-8-10-44-27)38-45(42,43)18-13-29(41,14-18)23-3-1-2-7-34-23/h1-11,17-18,25,28,38,41H,12-15H2/t17-,18-,25-,29+/m0/s1. The van der Waals surface area contributed by atoms with Gasteiger partial charge in [0.05, 0.1) is 16.6 Å². The molecular weight excluding hydrogens is 651 g/mol. The second kappa shape index (κ2) is 11.3. The number of alkyl halides is 2. The Kier molecular flexibility index (Phi) is 7.55. The van der Waals surface area contributed by atoms with Crippen LogP contribution < -0.4 is 4.72 Å². The van der Waals surface area contributed by atoms with Gasteiger partial charge in [-0.2, -0.15) is 13.9 Å². The van der Waals surface area contributed by atoms with Crippen LogP contribution in [0.2, 0.25) is 5.02 Å². The number of nitrogens with zero attached hydrogens (tertiary/aromatic N) is 6. The molecule has 2 fully saturated rings. The van der Waals surface area contributed by atoms with Gasteiger partial charge in [0.2, 0.25) is 10.0 Å². The molecule has 1 saturated heterocycles. The van der Waals surface area contributed by atoms with E-state index in [1.165, 1.54) is 29.5 Å². The van der Waals surface area contributed by atoms with Gasteiger partial charge in [0.25, 0.3) is 0 Å². The molecule has 2 aliphatic heterocycles. The van der Waals surface area contributed by atoms with Crippen molar-refractivity contribution in [3.05, 3.63) is 105 Å². The molecular formula is C29H25ClF3N7O3S2. The summed E-state index contributed by atoms with van der Waals surface area (Å²) in [7, 11) is -3.89. The molecule has 4 aromatic rings. The molecule has 0 bridgehead atoms. The summed E-state index contributed by atoms with van der Waals surface area (Å²) in [5.74, 6) is -0.111. The fraction of sp³-hybridized carbons (Fsp3) is 0.310. The summed E-state index contributed by atoms with van der Waals surface area (Å²) < 4.78 is 71.6. The van der Waals surface area contributed by atoms with Crippen LogP contribution >= 0.6 is 22.9 Å². The van der Waals surface area contributed by atoms with Gasteiger partial charge in [-0.25, -0.2) is 27.2 Å². The van der Waals surface area contributed by atoms with Crippen molar-refractivity contribution < 1.29 is 26.7 Å². The van der Waals surface area contributed by atoms with Crippen LogP contribution in [0.4, 0.5) is 13.2 Å². The molecule has 16 heteroatoms. The normalized spacial score (nSPS) is 25.0. The van der Waals surface area contributed by atoms with Gasteiger partial charge in [0.15, 0.2) is 10.8 Å². The highest BCUT2D eigenvalue weighted by atomic mass is 35.5. The molecule has 1 aromatic carbocycles. The summed E-state index contributed by atoms with van der Waals surface area (Å²) in [5, 5.41) is 16.7. The maximum atomic E-state index is 14.1. The van der Waals surface area contributed by atoms with Crippen LogP contribution in [0, 0.1) is 5.82 Å². The molecule has 234 valence electrons. The Hall–Kier alpha value is -3.63. The van der Waals surface area contributed by atoms with Crippen molar-refractivity contribution in [3.63, 3.8) is 0 Å². The molecule has 1 aliphatic carbocycles. The molecule has 3 aromatic heterocycles. The quantitative estimate of drug-likeness (QED) is 0.273. The Morgan fingerprint density at radius 1 is 1.13 bits per heavy atom. The number of fused-ring (bicyclic) bond motifs is 1. The molecule has 0 radical (unpaired) electrons. The molecule has 0 amide bonds. The number of rotatable bonds is 8. The molecule has 5 heterocycles. The van der Waals surface area contributed by atoms with E-state index in [1.807, 2.05) is 4.90 Å². The lowest BCUT2D eigenvalue weighted by atomic mass is 9.77. The highest BCUT2D eigenvalue weighted by Gasteiger charge is 2.52. The second-order valence-electron chi connectivity index (χ2n) is 11.1. The maximum absolute atomic E-state index is 14.1. The number of pyridine rings is 1. The molecule has 1 saturated carbocycles. The number of aliphatic imine (C=N–C) groups is 1. The zero-order chi connectivity index (χ0) is 31.5. The number of hydrogen-bond acceptors (Lipinski definition) is 9. The van der Waals surface area contributed by atoms with Crippen molar-refractivity contribution in [2.24, 2.45) is 4.99 Å². The van der Waals surface area contributed by atoms with Crippen LogP contribution in [-0.2, 0) is 15.6 Å². The van der Waals surface area contributed by atoms with E-state index in [0.717, 1.165) is 12.3 Å². The fourth-order valence-electron chi connectivity index (χ4n) is 6.12. The number of benzene rings is 1. The first-order valence-corrected chi connectivity index (χ1v) is 16.7. The lowest BCUT2D eigenvalue weighted by Crippen LogP contribution is -2.54. The van der Waals surface area contributed by atoms with Crippen molar-refractivity contribution in [1.82, 2.24) is 29.4 Å². The molecule has 45 heavy (non-hydrogen) atoms. The average molecular weight is 676 g/mol. The lowest BCUT2D eigenvalue weighted by Gasteiger charge is -2.42. The monoisotopic (exact) mass is 675 g/mol.